The molecule has 10 aromatic rings. The molecule has 11 rings (SSSR count). The van der Waals surface area contributed by atoms with E-state index in [1.165, 1.54) is 38.8 Å². The van der Waals surface area contributed by atoms with E-state index in [0.717, 1.165) is 61.1 Å². The van der Waals surface area contributed by atoms with Crippen LogP contribution in [0.1, 0.15) is 23.6 Å². The number of nitrogens with zero attached hydrogens (tertiary/aromatic N) is 1. The molecule has 0 N–H and O–H groups in total. The summed E-state index contributed by atoms with van der Waals surface area (Å²) >= 11 is 0. The zero-order chi connectivity index (χ0) is 35.1. The molecule has 0 saturated heterocycles. The SMILES string of the molecule is CC1(c2c(-c3ccc(N(c4ccccc4)c4ccc5oc6ccccc6c5c4)cc3)ccc3oc4ccccc4c23)c2ccccc2-c2ccccc21. The summed E-state index contributed by atoms with van der Waals surface area (Å²) in [6.07, 6.45) is 0. The molecule has 2 aromatic heterocycles. The third-order valence-electron chi connectivity index (χ3n) is 11.3. The summed E-state index contributed by atoms with van der Waals surface area (Å²) in [5.74, 6) is 0. The summed E-state index contributed by atoms with van der Waals surface area (Å²) in [5.41, 5.74) is 15.2. The first kappa shape index (κ1) is 29.8. The van der Waals surface area contributed by atoms with Crippen LogP contribution in [0.3, 0.4) is 0 Å². The van der Waals surface area contributed by atoms with Crippen molar-refractivity contribution < 1.29 is 8.83 Å². The van der Waals surface area contributed by atoms with Crippen LogP contribution < -0.4 is 4.90 Å². The molecule has 0 fully saturated rings. The summed E-state index contributed by atoms with van der Waals surface area (Å²) in [5, 5.41) is 4.52. The number of benzene rings is 8. The van der Waals surface area contributed by atoms with Gasteiger partial charge in [0, 0.05) is 44.0 Å². The molecule has 1 aliphatic rings. The van der Waals surface area contributed by atoms with Gasteiger partial charge in [-0.15, -0.1) is 0 Å². The van der Waals surface area contributed by atoms with Gasteiger partial charge in [0.05, 0.1) is 0 Å². The standard InChI is InChI=1S/C50H33NO2/c1-50(42-19-9-5-15-37(42)38-16-6-10-20-43(38)50)49-36(28-30-47-48(49)40-18-8-12-22-45(40)53-47)32-23-25-34(26-24-32)51(33-13-3-2-4-14-33)35-27-29-46-41(31-35)39-17-7-11-21-44(39)52-46/h2-31H,1H3. The molecule has 0 unspecified atom stereocenters. The highest BCUT2D eigenvalue weighted by molar-refractivity contribution is 6.11. The Bertz CT molecular complexity index is 2980. The fourth-order valence-corrected chi connectivity index (χ4v) is 8.97. The predicted molar refractivity (Wildman–Crippen MR) is 219 cm³/mol. The normalized spacial score (nSPS) is 13.2. The van der Waals surface area contributed by atoms with Crippen LogP contribution in [0.2, 0.25) is 0 Å². The lowest BCUT2D eigenvalue weighted by molar-refractivity contribution is 0.666. The molecule has 250 valence electrons. The van der Waals surface area contributed by atoms with Crippen LogP contribution in [0, 0.1) is 0 Å². The second kappa shape index (κ2) is 11.3. The van der Waals surface area contributed by atoms with E-state index in [1.807, 2.05) is 12.1 Å². The van der Waals surface area contributed by atoms with E-state index in [-0.39, 0.29) is 0 Å². The number of hydrogen-bond donors (Lipinski definition) is 0. The lowest BCUT2D eigenvalue weighted by Crippen LogP contribution is -2.24. The van der Waals surface area contributed by atoms with E-state index in [0.29, 0.717) is 0 Å². The average Bonchev–Trinajstić information content (AvgIpc) is 3.87. The van der Waals surface area contributed by atoms with Crippen molar-refractivity contribution in [2.75, 3.05) is 4.90 Å². The molecule has 0 bridgehead atoms. The van der Waals surface area contributed by atoms with Gasteiger partial charge in [0.15, 0.2) is 0 Å². The second-order valence-corrected chi connectivity index (χ2v) is 14.2. The van der Waals surface area contributed by atoms with Gasteiger partial charge in [-0.25, -0.2) is 0 Å². The van der Waals surface area contributed by atoms with Gasteiger partial charge in [0.25, 0.3) is 0 Å². The van der Waals surface area contributed by atoms with Crippen LogP contribution in [0.4, 0.5) is 17.1 Å². The molecule has 3 nitrogen and oxygen atoms in total. The Morgan fingerprint density at radius 2 is 0.925 bits per heavy atom. The molecule has 8 aromatic carbocycles. The predicted octanol–water partition coefficient (Wildman–Crippen LogP) is 14.0. The van der Waals surface area contributed by atoms with Gasteiger partial charge in [-0.05, 0) is 107 Å². The lowest BCUT2D eigenvalue weighted by atomic mass is 9.70. The van der Waals surface area contributed by atoms with Crippen LogP contribution in [0.15, 0.2) is 191 Å². The minimum atomic E-state index is -0.424. The first-order valence-electron chi connectivity index (χ1n) is 18.2. The maximum atomic E-state index is 6.55. The van der Waals surface area contributed by atoms with E-state index >= 15 is 0 Å². The molecule has 3 heteroatoms. The van der Waals surface area contributed by atoms with E-state index in [2.05, 4.69) is 182 Å². The second-order valence-electron chi connectivity index (χ2n) is 14.2. The third-order valence-corrected chi connectivity index (χ3v) is 11.3. The summed E-state index contributed by atoms with van der Waals surface area (Å²) in [6, 6.07) is 65.0. The Morgan fingerprint density at radius 3 is 1.66 bits per heavy atom. The van der Waals surface area contributed by atoms with Crippen LogP contribution in [-0.2, 0) is 5.41 Å². The van der Waals surface area contributed by atoms with Gasteiger partial charge in [0.2, 0.25) is 0 Å². The molecule has 0 saturated carbocycles. The zero-order valence-corrected chi connectivity index (χ0v) is 29.1. The van der Waals surface area contributed by atoms with Crippen molar-refractivity contribution in [2.24, 2.45) is 0 Å². The molecule has 0 amide bonds. The summed E-state index contributed by atoms with van der Waals surface area (Å²) in [7, 11) is 0. The molecule has 0 aliphatic heterocycles. The summed E-state index contributed by atoms with van der Waals surface area (Å²) in [6.45, 7) is 2.40. The van der Waals surface area contributed by atoms with Crippen LogP contribution in [-0.4, -0.2) is 0 Å². The van der Waals surface area contributed by atoms with Gasteiger partial charge in [0.1, 0.15) is 22.3 Å². The van der Waals surface area contributed by atoms with E-state index < -0.39 is 5.41 Å². The minimum absolute atomic E-state index is 0.424. The molecule has 53 heavy (non-hydrogen) atoms. The Morgan fingerprint density at radius 1 is 0.396 bits per heavy atom. The van der Waals surface area contributed by atoms with Crippen molar-refractivity contribution in [1.82, 2.24) is 0 Å². The third kappa shape index (κ3) is 4.34. The van der Waals surface area contributed by atoms with Crippen molar-refractivity contribution in [3.63, 3.8) is 0 Å². The van der Waals surface area contributed by atoms with Crippen LogP contribution >= 0.6 is 0 Å². The lowest BCUT2D eigenvalue weighted by Gasteiger charge is -2.32. The van der Waals surface area contributed by atoms with Crippen molar-refractivity contribution >= 4 is 60.9 Å². The largest absolute Gasteiger partial charge is 0.456 e. The smallest absolute Gasteiger partial charge is 0.135 e. The number of fused-ring (bicyclic) bond motifs is 9. The van der Waals surface area contributed by atoms with Crippen LogP contribution in [0.5, 0.6) is 0 Å². The highest BCUT2D eigenvalue weighted by Crippen LogP contribution is 2.56. The van der Waals surface area contributed by atoms with E-state index in [1.54, 1.807) is 0 Å². The molecule has 1 aliphatic carbocycles. The van der Waals surface area contributed by atoms with Gasteiger partial charge in [-0.1, -0.05) is 121 Å². The fraction of sp³-hybridized carbons (Fsp3) is 0.0400. The zero-order valence-electron chi connectivity index (χ0n) is 29.1. The number of furan rings is 2. The quantitative estimate of drug-likeness (QED) is 0.181. The van der Waals surface area contributed by atoms with E-state index in [4.69, 9.17) is 8.83 Å². The molecular weight excluding hydrogens is 647 g/mol. The van der Waals surface area contributed by atoms with Gasteiger partial charge >= 0.3 is 0 Å². The van der Waals surface area contributed by atoms with Crippen LogP contribution in [0.25, 0.3) is 66.1 Å². The Balaban J connectivity index is 1.12. The van der Waals surface area contributed by atoms with Crippen molar-refractivity contribution in [3.05, 3.63) is 199 Å². The molecule has 2 heterocycles. The van der Waals surface area contributed by atoms with E-state index in [9.17, 15) is 0 Å². The van der Waals surface area contributed by atoms with Crippen molar-refractivity contribution in [1.29, 1.82) is 0 Å². The van der Waals surface area contributed by atoms with Crippen molar-refractivity contribution in [2.45, 2.75) is 12.3 Å². The van der Waals surface area contributed by atoms with Gasteiger partial charge < -0.3 is 13.7 Å². The maximum Gasteiger partial charge on any atom is 0.135 e. The average molecular weight is 680 g/mol. The van der Waals surface area contributed by atoms with Gasteiger partial charge in [-0.3, -0.25) is 0 Å². The number of hydrogen-bond acceptors (Lipinski definition) is 3. The Hall–Kier alpha value is -6.84. The maximum absolute atomic E-state index is 6.55. The first-order valence-corrected chi connectivity index (χ1v) is 18.2. The fourth-order valence-electron chi connectivity index (χ4n) is 8.97. The van der Waals surface area contributed by atoms with Gasteiger partial charge in [-0.2, -0.15) is 0 Å². The molecule has 0 spiro atoms. The summed E-state index contributed by atoms with van der Waals surface area (Å²) in [4.78, 5) is 2.32. The minimum Gasteiger partial charge on any atom is -0.456 e. The first-order chi connectivity index (χ1) is 26.2. The Labute approximate surface area is 307 Å². The number of rotatable bonds is 5. The monoisotopic (exact) mass is 679 g/mol. The topological polar surface area (TPSA) is 29.5 Å². The molecular formula is C50H33NO2. The Kier molecular flexibility index (Phi) is 6.38. The number of para-hydroxylation sites is 3. The molecule has 0 atom stereocenters. The van der Waals surface area contributed by atoms with Crippen molar-refractivity contribution in [3.8, 4) is 22.3 Å². The molecule has 0 radical (unpaired) electrons. The highest BCUT2D eigenvalue weighted by atomic mass is 16.3. The number of anilines is 3. The highest BCUT2D eigenvalue weighted by Gasteiger charge is 2.43. The summed E-state index contributed by atoms with van der Waals surface area (Å²) < 4.78 is 12.7.